The summed E-state index contributed by atoms with van der Waals surface area (Å²) in [5.74, 6) is 0.0932. The molecule has 0 aliphatic heterocycles. The highest BCUT2D eigenvalue weighted by molar-refractivity contribution is 5.84. The van der Waals surface area contributed by atoms with Crippen LogP contribution in [0.2, 0.25) is 0 Å². The van der Waals surface area contributed by atoms with Gasteiger partial charge in [0.05, 0.1) is 6.21 Å². The Bertz CT molecular complexity index is 597. The zero-order valence-corrected chi connectivity index (χ0v) is 10.7. The van der Waals surface area contributed by atoms with Gasteiger partial charge in [0.2, 0.25) is 0 Å². The van der Waals surface area contributed by atoms with Gasteiger partial charge in [0, 0.05) is 5.56 Å². The Hall–Kier alpha value is -2.82. The number of hydrazone groups is 1. The van der Waals surface area contributed by atoms with Gasteiger partial charge in [0.15, 0.2) is 0 Å². The van der Waals surface area contributed by atoms with Crippen LogP contribution in [0, 0.1) is 0 Å². The van der Waals surface area contributed by atoms with Crippen LogP contribution < -0.4 is 5.43 Å². The molecule has 5 heteroatoms. The normalized spacial score (nSPS) is 10.4. The first-order valence-corrected chi connectivity index (χ1v) is 6.03. The van der Waals surface area contributed by atoms with E-state index in [9.17, 15) is 9.90 Å². The van der Waals surface area contributed by atoms with Crippen LogP contribution in [0.4, 0.5) is 4.79 Å². The Morgan fingerprint density at radius 3 is 2.60 bits per heavy atom. The van der Waals surface area contributed by atoms with Crippen molar-refractivity contribution in [2.45, 2.75) is 6.61 Å². The Kier molecular flexibility index (Phi) is 4.72. The fourth-order valence-corrected chi connectivity index (χ4v) is 1.51. The van der Waals surface area contributed by atoms with Gasteiger partial charge in [-0.2, -0.15) is 5.10 Å². The lowest BCUT2D eigenvalue weighted by atomic mass is 10.2. The van der Waals surface area contributed by atoms with Gasteiger partial charge < -0.3 is 9.84 Å². The van der Waals surface area contributed by atoms with Gasteiger partial charge >= 0.3 is 6.09 Å². The molecule has 0 aliphatic rings. The van der Waals surface area contributed by atoms with E-state index in [1.165, 1.54) is 12.3 Å². The molecule has 2 N–H and O–H groups in total. The number of rotatable bonds is 4. The molecule has 1 amide bonds. The molecule has 0 unspecified atom stereocenters. The first-order valence-electron chi connectivity index (χ1n) is 6.03. The van der Waals surface area contributed by atoms with Crippen LogP contribution in [0.3, 0.4) is 0 Å². The van der Waals surface area contributed by atoms with Gasteiger partial charge in [-0.05, 0) is 17.7 Å². The highest BCUT2D eigenvalue weighted by atomic mass is 16.5. The fourth-order valence-electron chi connectivity index (χ4n) is 1.51. The molecule has 0 aromatic heterocycles. The number of aromatic hydroxyl groups is 1. The maximum absolute atomic E-state index is 11.4. The summed E-state index contributed by atoms with van der Waals surface area (Å²) in [5.41, 5.74) is 3.63. The Balaban J connectivity index is 1.79. The number of nitrogens with one attached hydrogen (secondary N) is 1. The van der Waals surface area contributed by atoms with Crippen molar-refractivity contribution in [1.82, 2.24) is 5.43 Å². The second-order valence-electron chi connectivity index (χ2n) is 3.99. The summed E-state index contributed by atoms with van der Waals surface area (Å²) in [6.07, 6.45) is 0.694. The van der Waals surface area contributed by atoms with Gasteiger partial charge in [-0.15, -0.1) is 0 Å². The SMILES string of the molecule is O=C(N/N=C\c1ccccc1O)OCc1ccccc1. The van der Waals surface area contributed by atoms with Crippen molar-refractivity contribution in [3.05, 3.63) is 65.7 Å². The largest absolute Gasteiger partial charge is 0.507 e. The van der Waals surface area contributed by atoms with E-state index in [4.69, 9.17) is 4.74 Å². The number of carbonyl (C=O) groups excluding carboxylic acids is 1. The van der Waals surface area contributed by atoms with Crippen LogP contribution in [-0.4, -0.2) is 17.4 Å². The van der Waals surface area contributed by atoms with Crippen LogP contribution in [0.25, 0.3) is 0 Å². The van der Waals surface area contributed by atoms with Crippen molar-refractivity contribution in [2.24, 2.45) is 5.10 Å². The van der Waals surface area contributed by atoms with E-state index >= 15 is 0 Å². The number of amides is 1. The molecule has 0 atom stereocenters. The van der Waals surface area contributed by atoms with Crippen LogP contribution in [-0.2, 0) is 11.3 Å². The third kappa shape index (κ3) is 4.13. The number of hydrogen-bond donors (Lipinski definition) is 2. The maximum Gasteiger partial charge on any atom is 0.428 e. The molecule has 0 saturated carbocycles. The number of benzene rings is 2. The molecular formula is C15H14N2O3. The topological polar surface area (TPSA) is 70.9 Å². The average Bonchev–Trinajstić information content (AvgIpc) is 2.48. The number of nitrogens with zero attached hydrogens (tertiary/aromatic N) is 1. The average molecular weight is 270 g/mol. The molecule has 0 bridgehead atoms. The van der Waals surface area contributed by atoms with Gasteiger partial charge in [-0.25, -0.2) is 10.2 Å². The molecule has 0 saturated heterocycles. The van der Waals surface area contributed by atoms with Gasteiger partial charge in [0.1, 0.15) is 12.4 Å². The predicted octanol–water partition coefficient (Wildman–Crippen LogP) is 2.65. The number of carbonyl (C=O) groups is 1. The van der Waals surface area contributed by atoms with Crippen molar-refractivity contribution < 1.29 is 14.6 Å². The molecule has 2 aromatic carbocycles. The second-order valence-corrected chi connectivity index (χ2v) is 3.99. The first kappa shape index (κ1) is 13.6. The molecular weight excluding hydrogens is 256 g/mol. The number of ether oxygens (including phenoxy) is 1. The minimum atomic E-state index is -0.652. The summed E-state index contributed by atoms with van der Waals surface area (Å²) in [6.45, 7) is 0.179. The molecule has 0 radical (unpaired) electrons. The van der Waals surface area contributed by atoms with Crippen molar-refractivity contribution in [3.8, 4) is 5.75 Å². The molecule has 102 valence electrons. The van der Waals surface area contributed by atoms with E-state index in [0.717, 1.165) is 5.56 Å². The van der Waals surface area contributed by atoms with E-state index in [1.807, 2.05) is 30.3 Å². The molecule has 0 fully saturated rings. The number of phenols is 1. The molecule has 0 heterocycles. The fraction of sp³-hybridized carbons (Fsp3) is 0.0667. The summed E-state index contributed by atoms with van der Waals surface area (Å²) in [5, 5.41) is 13.2. The molecule has 20 heavy (non-hydrogen) atoms. The molecule has 0 spiro atoms. The monoisotopic (exact) mass is 270 g/mol. The Morgan fingerprint density at radius 2 is 1.85 bits per heavy atom. The lowest BCUT2D eigenvalue weighted by Gasteiger charge is -2.03. The Labute approximate surface area is 116 Å². The summed E-state index contributed by atoms with van der Waals surface area (Å²) < 4.78 is 4.97. The smallest absolute Gasteiger partial charge is 0.428 e. The number of phenolic OH excluding ortho intramolecular Hbond substituents is 1. The van der Waals surface area contributed by atoms with Gasteiger partial charge in [0.25, 0.3) is 0 Å². The van der Waals surface area contributed by atoms with E-state index < -0.39 is 6.09 Å². The Morgan fingerprint density at radius 1 is 1.15 bits per heavy atom. The van der Waals surface area contributed by atoms with Crippen LogP contribution >= 0.6 is 0 Å². The number of hydrogen-bond acceptors (Lipinski definition) is 4. The standard InChI is InChI=1S/C15H14N2O3/c18-14-9-5-4-8-13(14)10-16-17-15(19)20-11-12-6-2-1-3-7-12/h1-10,18H,11H2,(H,17,19)/b16-10-. The van der Waals surface area contributed by atoms with Crippen LogP contribution in [0.5, 0.6) is 5.75 Å². The van der Waals surface area contributed by atoms with E-state index in [1.54, 1.807) is 18.2 Å². The lowest BCUT2D eigenvalue weighted by Crippen LogP contribution is -2.18. The third-order valence-corrected chi connectivity index (χ3v) is 2.51. The van der Waals surface area contributed by atoms with E-state index in [2.05, 4.69) is 10.5 Å². The van der Waals surface area contributed by atoms with Crippen molar-refractivity contribution in [3.63, 3.8) is 0 Å². The van der Waals surface area contributed by atoms with Gasteiger partial charge in [-0.3, -0.25) is 0 Å². The van der Waals surface area contributed by atoms with Crippen LogP contribution in [0.15, 0.2) is 59.7 Å². The zero-order valence-electron chi connectivity index (χ0n) is 10.7. The van der Waals surface area contributed by atoms with Crippen molar-refractivity contribution in [2.75, 3.05) is 0 Å². The molecule has 2 rings (SSSR count). The maximum atomic E-state index is 11.4. The van der Waals surface area contributed by atoms with Crippen molar-refractivity contribution in [1.29, 1.82) is 0 Å². The summed E-state index contributed by atoms with van der Waals surface area (Å²) in [6, 6.07) is 16.0. The zero-order chi connectivity index (χ0) is 14.2. The van der Waals surface area contributed by atoms with Crippen LogP contribution in [0.1, 0.15) is 11.1 Å². The third-order valence-electron chi connectivity index (χ3n) is 2.51. The first-order chi connectivity index (χ1) is 9.75. The highest BCUT2D eigenvalue weighted by Gasteiger charge is 2.00. The molecule has 0 aliphatic carbocycles. The molecule has 5 nitrogen and oxygen atoms in total. The number of para-hydroxylation sites is 1. The van der Waals surface area contributed by atoms with E-state index in [-0.39, 0.29) is 12.4 Å². The summed E-state index contributed by atoms with van der Waals surface area (Å²) in [7, 11) is 0. The molecule has 2 aromatic rings. The minimum Gasteiger partial charge on any atom is -0.507 e. The van der Waals surface area contributed by atoms with Gasteiger partial charge in [-0.1, -0.05) is 42.5 Å². The highest BCUT2D eigenvalue weighted by Crippen LogP contribution is 2.12. The lowest BCUT2D eigenvalue weighted by molar-refractivity contribution is 0.140. The second kappa shape index (κ2) is 6.94. The summed E-state index contributed by atoms with van der Waals surface area (Å²) in [4.78, 5) is 11.4. The summed E-state index contributed by atoms with van der Waals surface area (Å²) >= 11 is 0. The predicted molar refractivity (Wildman–Crippen MR) is 75.5 cm³/mol. The van der Waals surface area contributed by atoms with E-state index in [0.29, 0.717) is 5.56 Å². The quantitative estimate of drug-likeness (QED) is 0.662. The minimum absolute atomic E-state index is 0.0932. The van der Waals surface area contributed by atoms with Crippen molar-refractivity contribution >= 4 is 12.3 Å².